The molecule has 1 heterocycles. The first kappa shape index (κ1) is 24.6. The molecule has 0 spiro atoms. The van der Waals surface area contributed by atoms with Crippen molar-refractivity contribution in [3.8, 4) is 0 Å². The standard InChI is InChI=1S/C23H30FN3O2.HI/c1-2-25-23(26-13-19-8-9-22(24)21(12-19)15-28)27-11-10-20(14-27)17-29-16-18-6-4-3-5-7-18;/h3-9,12,20,28H,2,10-11,13-17H2,1H3,(H,25,26);1H. The van der Waals surface area contributed by atoms with Crippen LogP contribution in [0.3, 0.4) is 0 Å². The number of ether oxygens (including phenoxy) is 1. The third-order valence-corrected chi connectivity index (χ3v) is 5.08. The number of halogens is 2. The Morgan fingerprint density at radius 1 is 1.23 bits per heavy atom. The van der Waals surface area contributed by atoms with Crippen LogP contribution in [0.2, 0.25) is 0 Å². The van der Waals surface area contributed by atoms with Crippen molar-refractivity contribution in [2.24, 2.45) is 10.9 Å². The van der Waals surface area contributed by atoms with Crippen LogP contribution >= 0.6 is 24.0 Å². The molecule has 2 N–H and O–H groups in total. The fraction of sp³-hybridized carbons (Fsp3) is 0.435. The minimum atomic E-state index is -0.384. The summed E-state index contributed by atoms with van der Waals surface area (Å²) in [5, 5.41) is 12.6. The molecule has 0 aliphatic carbocycles. The number of likely N-dealkylation sites (tertiary alicyclic amines) is 1. The van der Waals surface area contributed by atoms with E-state index in [0.29, 0.717) is 24.6 Å². The number of aliphatic hydroxyl groups excluding tert-OH is 1. The normalized spacial score (nSPS) is 16.4. The van der Waals surface area contributed by atoms with Crippen LogP contribution in [0.4, 0.5) is 4.39 Å². The summed E-state index contributed by atoms with van der Waals surface area (Å²) in [6, 6.07) is 15.0. The molecule has 1 fully saturated rings. The molecule has 0 aromatic heterocycles. The highest BCUT2D eigenvalue weighted by atomic mass is 127. The number of hydrogen-bond donors (Lipinski definition) is 2. The highest BCUT2D eigenvalue weighted by Crippen LogP contribution is 2.18. The quantitative estimate of drug-likeness (QED) is 0.310. The van der Waals surface area contributed by atoms with Gasteiger partial charge in [-0.2, -0.15) is 0 Å². The second-order valence-electron chi connectivity index (χ2n) is 7.36. The number of guanidine groups is 1. The highest BCUT2D eigenvalue weighted by molar-refractivity contribution is 14.0. The zero-order valence-corrected chi connectivity index (χ0v) is 19.7. The molecule has 164 valence electrons. The lowest BCUT2D eigenvalue weighted by Crippen LogP contribution is -2.40. The van der Waals surface area contributed by atoms with Gasteiger partial charge in [0.1, 0.15) is 5.82 Å². The van der Waals surface area contributed by atoms with Crippen LogP contribution in [0.15, 0.2) is 53.5 Å². The molecule has 1 atom stereocenters. The lowest BCUT2D eigenvalue weighted by atomic mass is 10.1. The SMILES string of the molecule is CCNC(=NCc1ccc(F)c(CO)c1)N1CCC(COCc2ccccc2)C1.I. The maximum Gasteiger partial charge on any atom is 0.194 e. The third-order valence-electron chi connectivity index (χ3n) is 5.08. The molecule has 0 amide bonds. The minimum Gasteiger partial charge on any atom is -0.392 e. The van der Waals surface area contributed by atoms with E-state index in [4.69, 9.17) is 9.73 Å². The number of nitrogens with one attached hydrogen (secondary N) is 1. The zero-order chi connectivity index (χ0) is 20.5. The van der Waals surface area contributed by atoms with E-state index in [1.54, 1.807) is 12.1 Å². The molecule has 0 radical (unpaired) electrons. The maximum atomic E-state index is 13.6. The number of aliphatic hydroxyl groups is 1. The van der Waals surface area contributed by atoms with Gasteiger partial charge in [-0.3, -0.25) is 0 Å². The molecular weight excluding hydrogens is 496 g/mol. The number of aliphatic imine (C=N–C) groups is 1. The Bertz CT molecular complexity index is 804. The first-order chi connectivity index (χ1) is 14.2. The van der Waals surface area contributed by atoms with Crippen LogP contribution in [-0.2, 0) is 24.5 Å². The van der Waals surface area contributed by atoms with Crippen LogP contribution in [0.25, 0.3) is 0 Å². The smallest absolute Gasteiger partial charge is 0.194 e. The van der Waals surface area contributed by atoms with Crippen molar-refractivity contribution in [3.63, 3.8) is 0 Å². The van der Waals surface area contributed by atoms with E-state index in [2.05, 4.69) is 22.3 Å². The lowest BCUT2D eigenvalue weighted by Gasteiger charge is -2.21. The highest BCUT2D eigenvalue weighted by Gasteiger charge is 2.25. The van der Waals surface area contributed by atoms with Gasteiger partial charge >= 0.3 is 0 Å². The average Bonchev–Trinajstić information content (AvgIpc) is 3.21. The fourth-order valence-electron chi connectivity index (χ4n) is 3.52. The molecule has 0 saturated carbocycles. The second-order valence-corrected chi connectivity index (χ2v) is 7.36. The third kappa shape index (κ3) is 7.21. The van der Waals surface area contributed by atoms with Gasteiger partial charge in [0.15, 0.2) is 5.96 Å². The van der Waals surface area contributed by atoms with Crippen molar-refractivity contribution in [2.45, 2.75) is 33.1 Å². The monoisotopic (exact) mass is 527 g/mol. The summed E-state index contributed by atoms with van der Waals surface area (Å²) < 4.78 is 19.5. The van der Waals surface area contributed by atoms with Crippen LogP contribution in [0.1, 0.15) is 30.0 Å². The van der Waals surface area contributed by atoms with Gasteiger partial charge in [0.25, 0.3) is 0 Å². The van der Waals surface area contributed by atoms with E-state index in [0.717, 1.165) is 44.2 Å². The van der Waals surface area contributed by atoms with E-state index in [1.165, 1.54) is 11.6 Å². The predicted octanol–water partition coefficient (Wildman–Crippen LogP) is 3.94. The van der Waals surface area contributed by atoms with Crippen molar-refractivity contribution in [2.75, 3.05) is 26.2 Å². The summed E-state index contributed by atoms with van der Waals surface area (Å²) in [7, 11) is 0. The fourth-order valence-corrected chi connectivity index (χ4v) is 3.52. The van der Waals surface area contributed by atoms with E-state index in [1.807, 2.05) is 25.1 Å². The van der Waals surface area contributed by atoms with E-state index < -0.39 is 0 Å². The average molecular weight is 527 g/mol. The summed E-state index contributed by atoms with van der Waals surface area (Å²) in [6.45, 7) is 6.21. The molecule has 1 unspecified atom stereocenters. The van der Waals surface area contributed by atoms with Crippen molar-refractivity contribution >= 4 is 29.9 Å². The molecule has 30 heavy (non-hydrogen) atoms. The Labute approximate surface area is 195 Å². The van der Waals surface area contributed by atoms with Gasteiger partial charge in [-0.1, -0.05) is 36.4 Å². The molecule has 1 aliphatic heterocycles. The van der Waals surface area contributed by atoms with Crippen molar-refractivity contribution in [1.82, 2.24) is 10.2 Å². The summed E-state index contributed by atoms with van der Waals surface area (Å²) in [5.74, 6) is 0.965. The zero-order valence-electron chi connectivity index (χ0n) is 17.4. The Morgan fingerprint density at radius 2 is 2.03 bits per heavy atom. The van der Waals surface area contributed by atoms with E-state index >= 15 is 0 Å². The van der Waals surface area contributed by atoms with Gasteiger partial charge in [0, 0.05) is 31.1 Å². The number of benzene rings is 2. The first-order valence-corrected chi connectivity index (χ1v) is 10.2. The summed E-state index contributed by atoms with van der Waals surface area (Å²) in [4.78, 5) is 6.98. The van der Waals surface area contributed by atoms with Gasteiger partial charge in [-0.05, 0) is 36.6 Å². The van der Waals surface area contributed by atoms with Gasteiger partial charge in [-0.25, -0.2) is 9.38 Å². The Hall–Kier alpha value is -1.71. The maximum absolute atomic E-state index is 13.6. The molecule has 3 rings (SSSR count). The van der Waals surface area contributed by atoms with Crippen LogP contribution in [0.5, 0.6) is 0 Å². The van der Waals surface area contributed by atoms with Gasteiger partial charge in [-0.15, -0.1) is 24.0 Å². The number of nitrogens with zero attached hydrogens (tertiary/aromatic N) is 2. The van der Waals surface area contributed by atoms with Crippen molar-refractivity contribution < 1.29 is 14.2 Å². The van der Waals surface area contributed by atoms with Crippen LogP contribution in [-0.4, -0.2) is 42.2 Å². The summed E-state index contributed by atoms with van der Waals surface area (Å²) in [6.07, 6.45) is 1.07. The molecule has 1 saturated heterocycles. The Kier molecular flexibility index (Phi) is 10.5. The Balaban J connectivity index is 0.00000320. The number of hydrogen-bond acceptors (Lipinski definition) is 3. The van der Waals surface area contributed by atoms with Crippen LogP contribution in [0, 0.1) is 11.7 Å². The molecule has 2 aromatic rings. The largest absolute Gasteiger partial charge is 0.392 e. The molecule has 1 aliphatic rings. The molecule has 5 nitrogen and oxygen atoms in total. The number of rotatable bonds is 8. The Morgan fingerprint density at radius 3 is 2.77 bits per heavy atom. The van der Waals surface area contributed by atoms with Gasteiger partial charge < -0.3 is 20.1 Å². The molecule has 2 aromatic carbocycles. The van der Waals surface area contributed by atoms with Crippen LogP contribution < -0.4 is 5.32 Å². The van der Waals surface area contributed by atoms with E-state index in [9.17, 15) is 9.50 Å². The topological polar surface area (TPSA) is 57.1 Å². The van der Waals surface area contributed by atoms with Crippen molar-refractivity contribution in [1.29, 1.82) is 0 Å². The first-order valence-electron chi connectivity index (χ1n) is 10.2. The second kappa shape index (κ2) is 12.9. The molecular formula is C23H31FIN3O2. The minimum absolute atomic E-state index is 0. The van der Waals surface area contributed by atoms with E-state index in [-0.39, 0.29) is 36.4 Å². The molecule has 7 heteroatoms. The van der Waals surface area contributed by atoms with Gasteiger partial charge in [0.05, 0.1) is 26.4 Å². The summed E-state index contributed by atoms with van der Waals surface area (Å²) in [5.41, 5.74) is 2.38. The van der Waals surface area contributed by atoms with Crippen molar-refractivity contribution in [3.05, 3.63) is 71.0 Å². The van der Waals surface area contributed by atoms with Gasteiger partial charge in [0.2, 0.25) is 0 Å². The summed E-state index contributed by atoms with van der Waals surface area (Å²) >= 11 is 0. The lowest BCUT2D eigenvalue weighted by molar-refractivity contribution is 0.0906. The predicted molar refractivity (Wildman–Crippen MR) is 128 cm³/mol. The molecule has 0 bridgehead atoms.